The van der Waals surface area contributed by atoms with E-state index >= 15 is 0 Å². The lowest BCUT2D eigenvalue weighted by molar-refractivity contribution is -0.137. The predicted octanol–water partition coefficient (Wildman–Crippen LogP) is 2.78. The summed E-state index contributed by atoms with van der Waals surface area (Å²) in [5.41, 5.74) is -1.33. The maximum Gasteiger partial charge on any atom is 0.417 e. The molecule has 0 unspecified atom stereocenters. The Labute approximate surface area is 171 Å². The van der Waals surface area contributed by atoms with Crippen molar-refractivity contribution in [2.75, 3.05) is 23.3 Å². The number of aromatic nitrogens is 2. The van der Waals surface area contributed by atoms with Crippen molar-refractivity contribution in [1.82, 2.24) is 9.97 Å². The summed E-state index contributed by atoms with van der Waals surface area (Å²) >= 11 is 0. The fourth-order valence-electron chi connectivity index (χ4n) is 3.16. The molecule has 1 amide bonds. The van der Waals surface area contributed by atoms with Crippen LogP contribution >= 0.6 is 0 Å². The number of nitrogens with one attached hydrogen (secondary N) is 1. The topological polar surface area (TPSA) is 118 Å². The summed E-state index contributed by atoms with van der Waals surface area (Å²) in [6.07, 6.45) is 1.86. The van der Waals surface area contributed by atoms with Crippen molar-refractivity contribution in [2.24, 2.45) is 5.14 Å². The Bertz CT molecular complexity index is 1040. The van der Waals surface area contributed by atoms with Crippen molar-refractivity contribution in [3.8, 4) is 0 Å². The van der Waals surface area contributed by atoms with E-state index in [1.807, 2.05) is 0 Å². The van der Waals surface area contributed by atoms with E-state index in [0.29, 0.717) is 19.3 Å². The minimum Gasteiger partial charge on any atom is -0.356 e. The van der Waals surface area contributed by atoms with Crippen LogP contribution in [0, 0.1) is 0 Å². The maximum absolute atomic E-state index is 13.2. The zero-order valence-electron chi connectivity index (χ0n) is 15.8. The van der Waals surface area contributed by atoms with Crippen molar-refractivity contribution in [2.45, 2.75) is 36.8 Å². The van der Waals surface area contributed by atoms with E-state index in [0.717, 1.165) is 44.0 Å². The van der Waals surface area contributed by atoms with Crippen LogP contribution in [0.5, 0.6) is 0 Å². The molecule has 2 aromatic heterocycles. The summed E-state index contributed by atoms with van der Waals surface area (Å²) in [6, 6.07) is 1.83. The number of halogens is 3. The van der Waals surface area contributed by atoms with E-state index in [1.165, 1.54) is 6.20 Å². The Morgan fingerprint density at radius 3 is 2.33 bits per heavy atom. The van der Waals surface area contributed by atoms with E-state index in [2.05, 4.69) is 15.3 Å². The van der Waals surface area contributed by atoms with Gasteiger partial charge in [0.2, 0.25) is 10.0 Å². The second-order valence-corrected chi connectivity index (χ2v) is 8.46. The van der Waals surface area contributed by atoms with Gasteiger partial charge in [-0.1, -0.05) is 12.8 Å². The summed E-state index contributed by atoms with van der Waals surface area (Å²) in [4.78, 5) is 21.9. The number of primary sulfonamides is 1. The summed E-state index contributed by atoms with van der Waals surface area (Å²) < 4.78 is 62.6. The van der Waals surface area contributed by atoms with Crippen molar-refractivity contribution < 1.29 is 26.4 Å². The number of hydrogen-bond donors (Lipinski definition) is 2. The van der Waals surface area contributed by atoms with Crippen molar-refractivity contribution in [3.05, 3.63) is 41.9 Å². The van der Waals surface area contributed by atoms with E-state index < -0.39 is 27.7 Å². The van der Waals surface area contributed by atoms with Gasteiger partial charge in [0.15, 0.2) is 0 Å². The molecule has 162 valence electrons. The Kier molecular flexibility index (Phi) is 6.27. The molecule has 30 heavy (non-hydrogen) atoms. The molecule has 1 aliphatic rings. The first kappa shape index (κ1) is 22.0. The van der Waals surface area contributed by atoms with Crippen LogP contribution in [0.25, 0.3) is 0 Å². The summed E-state index contributed by atoms with van der Waals surface area (Å²) in [6.45, 7) is 1.14. The van der Waals surface area contributed by atoms with E-state index in [1.54, 1.807) is 4.90 Å². The van der Waals surface area contributed by atoms with E-state index in [-0.39, 0.29) is 22.0 Å². The van der Waals surface area contributed by atoms with Crippen LogP contribution in [0.4, 0.5) is 24.7 Å². The monoisotopic (exact) mass is 443 g/mol. The first-order valence-electron chi connectivity index (χ1n) is 9.17. The van der Waals surface area contributed by atoms with Crippen LogP contribution < -0.4 is 15.4 Å². The zero-order chi connectivity index (χ0) is 21.9. The molecule has 1 saturated heterocycles. The van der Waals surface area contributed by atoms with Gasteiger partial charge in [-0.05, 0) is 25.0 Å². The number of amides is 1. The number of pyridine rings is 2. The van der Waals surface area contributed by atoms with Crippen molar-refractivity contribution >= 4 is 27.4 Å². The lowest BCUT2D eigenvalue weighted by Crippen LogP contribution is -2.29. The molecule has 1 fully saturated rings. The quantitative estimate of drug-likeness (QED) is 0.750. The number of carbonyl (C=O) groups is 1. The molecular weight excluding hydrogens is 423 g/mol. The minimum absolute atomic E-state index is 0.0225. The standard InChI is InChI=1S/C18H20F3N5O3S/c19-18(20,21)12-7-15(16(24-9-12)26-5-3-1-2-4-6-26)17(27)25-13-8-14(11-23-10-13)30(22,28)29/h7-11H,1-6H2,(H,25,27)(H2,22,28,29). The van der Waals surface area contributed by atoms with E-state index in [4.69, 9.17) is 5.14 Å². The van der Waals surface area contributed by atoms with Crippen LogP contribution in [-0.2, 0) is 16.2 Å². The van der Waals surface area contributed by atoms with Crippen LogP contribution in [0.3, 0.4) is 0 Å². The molecule has 3 rings (SSSR count). The lowest BCUT2D eigenvalue weighted by Gasteiger charge is -2.24. The van der Waals surface area contributed by atoms with Crippen LogP contribution in [0.1, 0.15) is 41.6 Å². The zero-order valence-corrected chi connectivity index (χ0v) is 16.6. The molecule has 1 aliphatic heterocycles. The minimum atomic E-state index is -4.67. The third-order valence-electron chi connectivity index (χ3n) is 4.64. The van der Waals surface area contributed by atoms with Gasteiger partial charge >= 0.3 is 6.18 Å². The number of anilines is 2. The van der Waals surface area contributed by atoms with Crippen LogP contribution in [0.2, 0.25) is 0 Å². The largest absolute Gasteiger partial charge is 0.417 e. The molecule has 3 heterocycles. The first-order chi connectivity index (χ1) is 14.1. The van der Waals surface area contributed by atoms with Gasteiger partial charge in [-0.3, -0.25) is 9.78 Å². The molecule has 0 saturated carbocycles. The molecule has 0 atom stereocenters. The molecular formula is C18H20F3N5O3S. The van der Waals surface area contributed by atoms with Gasteiger partial charge in [-0.15, -0.1) is 0 Å². The fourth-order valence-corrected chi connectivity index (χ4v) is 3.65. The summed E-state index contributed by atoms with van der Waals surface area (Å²) in [7, 11) is -4.06. The third-order valence-corrected chi connectivity index (χ3v) is 5.52. The number of carbonyl (C=O) groups excluding carboxylic acids is 1. The van der Waals surface area contributed by atoms with Gasteiger partial charge in [0.25, 0.3) is 5.91 Å². The number of alkyl halides is 3. The molecule has 12 heteroatoms. The van der Waals surface area contributed by atoms with Gasteiger partial charge < -0.3 is 10.2 Å². The molecule has 0 spiro atoms. The second kappa shape index (κ2) is 8.56. The fraction of sp³-hybridized carbons (Fsp3) is 0.389. The van der Waals surface area contributed by atoms with E-state index in [9.17, 15) is 26.4 Å². The Morgan fingerprint density at radius 1 is 1.07 bits per heavy atom. The highest BCUT2D eigenvalue weighted by molar-refractivity contribution is 7.89. The Balaban J connectivity index is 1.98. The first-order valence-corrected chi connectivity index (χ1v) is 10.7. The average Bonchev–Trinajstić information content (AvgIpc) is 2.96. The van der Waals surface area contributed by atoms with Crippen molar-refractivity contribution in [3.63, 3.8) is 0 Å². The van der Waals surface area contributed by atoms with Gasteiger partial charge in [-0.2, -0.15) is 13.2 Å². The summed E-state index contributed by atoms with van der Waals surface area (Å²) in [5.74, 6) is -0.709. The molecule has 2 aromatic rings. The number of nitrogens with zero attached hydrogens (tertiary/aromatic N) is 3. The SMILES string of the molecule is NS(=O)(=O)c1cncc(NC(=O)c2cc(C(F)(F)F)cnc2N2CCCCCC2)c1. The molecule has 0 aromatic carbocycles. The third kappa shape index (κ3) is 5.25. The Hall–Kier alpha value is -2.73. The van der Waals surface area contributed by atoms with Gasteiger partial charge in [0.05, 0.1) is 23.0 Å². The molecule has 0 radical (unpaired) electrons. The Morgan fingerprint density at radius 2 is 1.73 bits per heavy atom. The van der Waals surface area contributed by atoms with Crippen molar-refractivity contribution in [1.29, 1.82) is 0 Å². The second-order valence-electron chi connectivity index (χ2n) is 6.90. The smallest absolute Gasteiger partial charge is 0.356 e. The van der Waals surface area contributed by atoms with Crippen LogP contribution in [0.15, 0.2) is 35.6 Å². The number of rotatable bonds is 4. The molecule has 3 N–H and O–H groups in total. The highest BCUT2D eigenvalue weighted by atomic mass is 32.2. The summed E-state index contributed by atoms with van der Waals surface area (Å²) in [5, 5.41) is 7.44. The number of nitrogens with two attached hydrogens (primary N) is 1. The number of sulfonamides is 1. The van der Waals surface area contributed by atoms with Gasteiger partial charge in [0.1, 0.15) is 10.7 Å². The van der Waals surface area contributed by atoms with Gasteiger partial charge in [-0.25, -0.2) is 18.5 Å². The maximum atomic E-state index is 13.2. The normalized spacial score (nSPS) is 15.5. The van der Waals surface area contributed by atoms with Crippen LogP contribution in [-0.4, -0.2) is 37.4 Å². The highest BCUT2D eigenvalue weighted by Gasteiger charge is 2.33. The highest BCUT2D eigenvalue weighted by Crippen LogP contribution is 2.32. The van der Waals surface area contributed by atoms with Gasteiger partial charge in [0, 0.05) is 25.5 Å². The average molecular weight is 443 g/mol. The molecule has 8 nitrogen and oxygen atoms in total. The molecule has 0 aliphatic carbocycles. The lowest BCUT2D eigenvalue weighted by atomic mass is 10.1. The number of hydrogen-bond acceptors (Lipinski definition) is 6. The predicted molar refractivity (Wildman–Crippen MR) is 103 cm³/mol. The molecule has 0 bridgehead atoms.